The zero-order chi connectivity index (χ0) is 19.9. The molecule has 0 saturated heterocycles. The van der Waals surface area contributed by atoms with Gasteiger partial charge < -0.3 is 20.5 Å². The first-order valence-corrected chi connectivity index (χ1v) is 9.71. The van der Waals surface area contributed by atoms with Gasteiger partial charge in [0.1, 0.15) is 0 Å². The van der Waals surface area contributed by atoms with E-state index in [1.54, 1.807) is 24.3 Å². The average molecular weight is 399 g/mol. The number of carbonyl (C=O) groups excluding carboxylic acids is 2. The second-order valence-electron chi connectivity index (χ2n) is 6.37. The summed E-state index contributed by atoms with van der Waals surface area (Å²) in [5.74, 6) is 0.804. The molecule has 0 fully saturated rings. The maximum atomic E-state index is 12.1. The monoisotopic (exact) mass is 399 g/mol. The quantitative estimate of drug-likeness (QED) is 0.558. The Morgan fingerprint density at radius 2 is 1.82 bits per heavy atom. The lowest BCUT2D eigenvalue weighted by Crippen LogP contribution is -2.34. The number of hydrogen-bond donors (Lipinski definition) is 3. The molecule has 2 heterocycles. The van der Waals surface area contributed by atoms with Gasteiger partial charge in [0.2, 0.25) is 17.6 Å². The Hall–Kier alpha value is -3.20. The number of aromatic nitrogens is 2. The first-order valence-electron chi connectivity index (χ1n) is 8.83. The Labute approximate surface area is 166 Å². The van der Waals surface area contributed by atoms with Crippen molar-refractivity contribution in [2.75, 3.05) is 10.6 Å². The molecule has 3 amide bonds. The van der Waals surface area contributed by atoms with Crippen LogP contribution >= 0.6 is 11.3 Å². The lowest BCUT2D eigenvalue weighted by Gasteiger charge is -2.10. The minimum atomic E-state index is -0.270. The number of thiophene rings is 1. The van der Waals surface area contributed by atoms with E-state index < -0.39 is 0 Å². The normalized spacial score (nSPS) is 10.7. The molecule has 28 heavy (non-hydrogen) atoms. The Balaban J connectivity index is 1.46. The van der Waals surface area contributed by atoms with Crippen LogP contribution in [-0.2, 0) is 11.2 Å². The van der Waals surface area contributed by atoms with Crippen molar-refractivity contribution in [3.63, 3.8) is 0 Å². The molecule has 3 N–H and O–H groups in total. The summed E-state index contributed by atoms with van der Waals surface area (Å²) in [5, 5.41) is 14.1. The molecule has 2 aromatic heterocycles. The van der Waals surface area contributed by atoms with Crippen LogP contribution in [0.4, 0.5) is 16.2 Å². The van der Waals surface area contributed by atoms with Crippen LogP contribution in [0.25, 0.3) is 10.7 Å². The van der Waals surface area contributed by atoms with E-state index in [4.69, 9.17) is 4.52 Å². The molecule has 0 aliphatic carbocycles. The zero-order valence-corrected chi connectivity index (χ0v) is 16.4. The molecule has 1 aromatic carbocycles. The van der Waals surface area contributed by atoms with Crippen molar-refractivity contribution in [1.29, 1.82) is 0 Å². The van der Waals surface area contributed by atoms with Crippen LogP contribution < -0.4 is 16.0 Å². The van der Waals surface area contributed by atoms with Gasteiger partial charge in [0.05, 0.1) is 4.88 Å². The Morgan fingerprint density at radius 1 is 1.11 bits per heavy atom. The van der Waals surface area contributed by atoms with Crippen molar-refractivity contribution in [3.05, 3.63) is 47.7 Å². The Kier molecular flexibility index (Phi) is 6.38. The van der Waals surface area contributed by atoms with Gasteiger partial charge in [0.15, 0.2) is 0 Å². The predicted octanol–water partition coefficient (Wildman–Crippen LogP) is 3.90. The van der Waals surface area contributed by atoms with Gasteiger partial charge in [-0.05, 0) is 49.6 Å². The summed E-state index contributed by atoms with van der Waals surface area (Å²) >= 11 is 1.53. The number of urea groups is 1. The summed E-state index contributed by atoms with van der Waals surface area (Å²) in [6.45, 7) is 3.77. The molecule has 0 atom stereocenters. The van der Waals surface area contributed by atoms with E-state index in [0.29, 0.717) is 29.5 Å². The highest BCUT2D eigenvalue weighted by Gasteiger charge is 2.11. The Morgan fingerprint density at radius 3 is 2.46 bits per heavy atom. The molecular formula is C19H21N5O3S. The van der Waals surface area contributed by atoms with Crippen LogP contribution in [0.15, 0.2) is 46.3 Å². The molecule has 3 aromatic rings. The van der Waals surface area contributed by atoms with Crippen molar-refractivity contribution in [2.45, 2.75) is 32.7 Å². The van der Waals surface area contributed by atoms with E-state index in [9.17, 15) is 9.59 Å². The lowest BCUT2D eigenvalue weighted by molar-refractivity contribution is -0.116. The summed E-state index contributed by atoms with van der Waals surface area (Å²) in [4.78, 5) is 29.0. The van der Waals surface area contributed by atoms with Gasteiger partial charge in [-0.2, -0.15) is 4.98 Å². The molecule has 0 bridgehead atoms. The van der Waals surface area contributed by atoms with Crippen molar-refractivity contribution >= 4 is 34.6 Å². The summed E-state index contributed by atoms with van der Waals surface area (Å²) in [5.41, 5.74) is 1.28. The number of amides is 3. The lowest BCUT2D eigenvalue weighted by atomic mass is 10.2. The molecule has 3 rings (SSSR count). The molecule has 146 valence electrons. The fourth-order valence-electron chi connectivity index (χ4n) is 2.37. The molecule has 9 heteroatoms. The van der Waals surface area contributed by atoms with E-state index in [1.807, 2.05) is 31.4 Å². The molecule has 0 unspecified atom stereocenters. The number of rotatable bonds is 7. The van der Waals surface area contributed by atoms with Crippen molar-refractivity contribution < 1.29 is 14.1 Å². The second-order valence-corrected chi connectivity index (χ2v) is 7.32. The third kappa shape index (κ3) is 5.65. The molecule has 0 aliphatic rings. The van der Waals surface area contributed by atoms with Gasteiger partial charge in [0, 0.05) is 30.3 Å². The number of nitrogens with zero attached hydrogens (tertiary/aromatic N) is 2. The molecule has 8 nitrogen and oxygen atoms in total. The van der Waals surface area contributed by atoms with E-state index in [1.165, 1.54) is 11.3 Å². The highest BCUT2D eigenvalue weighted by Crippen LogP contribution is 2.21. The van der Waals surface area contributed by atoms with Crippen LogP contribution in [0.1, 0.15) is 26.2 Å². The van der Waals surface area contributed by atoms with E-state index in [0.717, 1.165) is 4.88 Å². The van der Waals surface area contributed by atoms with Crippen LogP contribution in [0.3, 0.4) is 0 Å². The van der Waals surface area contributed by atoms with Crippen molar-refractivity contribution in [1.82, 2.24) is 15.5 Å². The Bertz CT molecular complexity index is 919. The average Bonchev–Trinajstić information content (AvgIpc) is 3.32. The summed E-state index contributed by atoms with van der Waals surface area (Å²) in [6.07, 6.45) is 0.585. The summed E-state index contributed by atoms with van der Waals surface area (Å²) in [6, 6.07) is 10.5. The number of carbonyl (C=O) groups is 2. The third-order valence-electron chi connectivity index (χ3n) is 3.62. The first kappa shape index (κ1) is 19.6. The maximum absolute atomic E-state index is 12.1. The minimum Gasteiger partial charge on any atom is -0.339 e. The second kappa shape index (κ2) is 9.14. The van der Waals surface area contributed by atoms with Crippen LogP contribution in [0.5, 0.6) is 0 Å². The highest BCUT2D eigenvalue weighted by atomic mass is 32.1. The van der Waals surface area contributed by atoms with Gasteiger partial charge in [-0.25, -0.2) is 4.79 Å². The fourth-order valence-corrected chi connectivity index (χ4v) is 3.02. The standard InChI is InChI=1S/C19H21N5O3S/c1-12(2)20-19(26)22-14-7-5-13(6-8-14)21-16(25)9-10-17-23-18(24-27-17)15-4-3-11-28-15/h3-8,11-12H,9-10H2,1-2H3,(H,21,25)(H2,20,22,26). The van der Waals surface area contributed by atoms with E-state index in [-0.39, 0.29) is 24.4 Å². The number of nitrogens with one attached hydrogen (secondary N) is 3. The zero-order valence-electron chi connectivity index (χ0n) is 15.6. The molecule has 0 spiro atoms. The molecule has 0 aliphatic heterocycles. The third-order valence-corrected chi connectivity index (χ3v) is 4.49. The summed E-state index contributed by atoms with van der Waals surface area (Å²) < 4.78 is 5.19. The number of anilines is 2. The van der Waals surface area contributed by atoms with Crippen LogP contribution in [-0.4, -0.2) is 28.1 Å². The van der Waals surface area contributed by atoms with Gasteiger partial charge >= 0.3 is 6.03 Å². The topological polar surface area (TPSA) is 109 Å². The SMILES string of the molecule is CC(C)NC(=O)Nc1ccc(NC(=O)CCc2nc(-c3cccs3)no2)cc1. The van der Waals surface area contributed by atoms with E-state index >= 15 is 0 Å². The van der Waals surface area contributed by atoms with Crippen LogP contribution in [0.2, 0.25) is 0 Å². The van der Waals surface area contributed by atoms with Crippen molar-refractivity contribution in [3.8, 4) is 10.7 Å². The first-order chi connectivity index (χ1) is 13.5. The van der Waals surface area contributed by atoms with Gasteiger partial charge in [-0.15, -0.1) is 11.3 Å². The number of benzene rings is 1. The fraction of sp³-hybridized carbons (Fsp3) is 0.263. The van der Waals surface area contributed by atoms with Gasteiger partial charge in [0.25, 0.3) is 0 Å². The number of hydrogen-bond acceptors (Lipinski definition) is 6. The van der Waals surface area contributed by atoms with Crippen LogP contribution in [0, 0.1) is 0 Å². The molecule has 0 radical (unpaired) electrons. The van der Waals surface area contributed by atoms with Crippen molar-refractivity contribution in [2.24, 2.45) is 0 Å². The van der Waals surface area contributed by atoms with Gasteiger partial charge in [-0.3, -0.25) is 4.79 Å². The minimum absolute atomic E-state index is 0.0544. The maximum Gasteiger partial charge on any atom is 0.319 e. The summed E-state index contributed by atoms with van der Waals surface area (Å²) in [7, 11) is 0. The molecule has 0 saturated carbocycles. The smallest absolute Gasteiger partial charge is 0.319 e. The highest BCUT2D eigenvalue weighted by molar-refractivity contribution is 7.13. The number of aryl methyl sites for hydroxylation is 1. The predicted molar refractivity (Wildman–Crippen MR) is 108 cm³/mol. The van der Waals surface area contributed by atoms with E-state index in [2.05, 4.69) is 26.1 Å². The largest absolute Gasteiger partial charge is 0.339 e. The molecular weight excluding hydrogens is 378 g/mol. The van der Waals surface area contributed by atoms with Gasteiger partial charge in [-0.1, -0.05) is 11.2 Å².